The van der Waals surface area contributed by atoms with Crippen LogP contribution in [0.5, 0.6) is 11.5 Å². The predicted molar refractivity (Wildman–Crippen MR) is 111 cm³/mol. The van der Waals surface area contributed by atoms with Gasteiger partial charge in [0.2, 0.25) is 0 Å². The summed E-state index contributed by atoms with van der Waals surface area (Å²) in [6.45, 7) is 6.08. The van der Waals surface area contributed by atoms with Gasteiger partial charge in [0.05, 0.1) is 25.3 Å². The zero-order valence-corrected chi connectivity index (χ0v) is 17.0. The quantitative estimate of drug-likeness (QED) is 0.696. The van der Waals surface area contributed by atoms with E-state index in [1.807, 2.05) is 44.2 Å². The Balaban J connectivity index is 1.95. The average Bonchev–Trinajstić information content (AvgIpc) is 2.69. The molecule has 1 aliphatic rings. The Morgan fingerprint density at radius 3 is 2.48 bits per heavy atom. The number of carbonyl (C=O) groups excluding carboxylic acids is 2. The Morgan fingerprint density at radius 2 is 1.83 bits per heavy atom. The molecule has 1 aliphatic heterocycles. The molecular formula is C22H25N3O4. The molecule has 0 radical (unpaired) electrons. The first kappa shape index (κ1) is 20.3. The molecule has 0 fully saturated rings. The van der Waals surface area contributed by atoms with Gasteiger partial charge in [-0.25, -0.2) is 4.79 Å². The molecule has 29 heavy (non-hydrogen) atoms. The summed E-state index contributed by atoms with van der Waals surface area (Å²) in [6, 6.07) is 11.9. The van der Waals surface area contributed by atoms with Crippen LogP contribution in [0.15, 0.2) is 53.7 Å². The maximum absolute atomic E-state index is 13.1. The highest BCUT2D eigenvalue weighted by atomic mass is 16.5. The molecule has 0 spiro atoms. The van der Waals surface area contributed by atoms with Crippen LogP contribution >= 0.6 is 0 Å². The van der Waals surface area contributed by atoms with Gasteiger partial charge in [-0.15, -0.1) is 0 Å². The molecule has 1 unspecified atom stereocenters. The minimum atomic E-state index is -0.626. The molecule has 2 aromatic carbocycles. The lowest BCUT2D eigenvalue weighted by molar-refractivity contribution is -0.113. The molecule has 2 aromatic rings. The van der Waals surface area contributed by atoms with Gasteiger partial charge in [0, 0.05) is 11.4 Å². The summed E-state index contributed by atoms with van der Waals surface area (Å²) < 4.78 is 11.0. The molecule has 7 nitrogen and oxygen atoms in total. The maximum Gasteiger partial charge on any atom is 0.319 e. The van der Waals surface area contributed by atoms with Crippen molar-refractivity contribution in [2.75, 3.05) is 19.0 Å². The van der Waals surface area contributed by atoms with Crippen LogP contribution in [-0.4, -0.2) is 25.7 Å². The van der Waals surface area contributed by atoms with Crippen LogP contribution < -0.4 is 25.4 Å². The van der Waals surface area contributed by atoms with E-state index < -0.39 is 6.04 Å². The van der Waals surface area contributed by atoms with Crippen molar-refractivity contribution in [3.63, 3.8) is 0 Å². The Morgan fingerprint density at radius 1 is 1.10 bits per heavy atom. The summed E-state index contributed by atoms with van der Waals surface area (Å²) in [7, 11) is 1.55. The molecule has 0 bridgehead atoms. The maximum atomic E-state index is 13.1. The van der Waals surface area contributed by atoms with Gasteiger partial charge in [0.15, 0.2) is 11.5 Å². The fraction of sp³-hybridized carbons (Fsp3) is 0.273. The summed E-state index contributed by atoms with van der Waals surface area (Å²) in [6.07, 6.45) is 0. The summed E-state index contributed by atoms with van der Waals surface area (Å²) in [4.78, 5) is 25.2. The monoisotopic (exact) mass is 395 g/mol. The lowest BCUT2D eigenvalue weighted by Crippen LogP contribution is -2.46. The van der Waals surface area contributed by atoms with E-state index in [1.165, 1.54) is 0 Å². The normalized spacial score (nSPS) is 16.0. The highest BCUT2D eigenvalue weighted by Gasteiger charge is 2.31. The van der Waals surface area contributed by atoms with Gasteiger partial charge >= 0.3 is 6.03 Å². The van der Waals surface area contributed by atoms with Crippen molar-refractivity contribution in [3.8, 4) is 11.5 Å². The van der Waals surface area contributed by atoms with Crippen LogP contribution in [0.4, 0.5) is 10.5 Å². The third kappa shape index (κ3) is 4.51. The van der Waals surface area contributed by atoms with Gasteiger partial charge in [-0.1, -0.05) is 23.8 Å². The Hall–Kier alpha value is -3.48. The lowest BCUT2D eigenvalue weighted by atomic mass is 9.94. The average molecular weight is 395 g/mol. The zero-order chi connectivity index (χ0) is 21.0. The van der Waals surface area contributed by atoms with Gasteiger partial charge in [-0.2, -0.15) is 0 Å². The molecule has 1 atom stereocenters. The second kappa shape index (κ2) is 8.68. The number of amides is 3. The van der Waals surface area contributed by atoms with E-state index in [-0.39, 0.29) is 11.9 Å². The molecule has 1 heterocycles. The highest BCUT2D eigenvalue weighted by Crippen LogP contribution is 2.34. The van der Waals surface area contributed by atoms with E-state index in [2.05, 4.69) is 16.0 Å². The van der Waals surface area contributed by atoms with E-state index in [9.17, 15) is 9.59 Å². The Labute approximate surface area is 170 Å². The van der Waals surface area contributed by atoms with Gasteiger partial charge in [-0.05, 0) is 50.6 Å². The van der Waals surface area contributed by atoms with Crippen LogP contribution in [0, 0.1) is 6.92 Å². The van der Waals surface area contributed by atoms with Gasteiger partial charge in [-0.3, -0.25) is 4.79 Å². The van der Waals surface area contributed by atoms with E-state index in [4.69, 9.17) is 9.47 Å². The molecule has 7 heteroatoms. The lowest BCUT2D eigenvalue weighted by Gasteiger charge is -2.29. The van der Waals surface area contributed by atoms with Crippen molar-refractivity contribution in [2.24, 2.45) is 0 Å². The fourth-order valence-electron chi connectivity index (χ4n) is 3.22. The standard InChI is InChI=1S/C22H25N3O4/c1-5-29-17-11-8-15(12-18(17)28-4)20-19(14(3)23-22(27)25-20)21(26)24-16-9-6-13(2)7-10-16/h6-12,20H,5H2,1-4H3,(H,24,26)(H2,23,25,27). The van der Waals surface area contributed by atoms with Crippen LogP contribution in [0.1, 0.15) is 31.0 Å². The number of carbonyl (C=O) groups is 2. The van der Waals surface area contributed by atoms with E-state index in [0.717, 1.165) is 5.56 Å². The molecular weight excluding hydrogens is 370 g/mol. The minimum Gasteiger partial charge on any atom is -0.493 e. The van der Waals surface area contributed by atoms with Crippen LogP contribution in [0.2, 0.25) is 0 Å². The first-order valence-corrected chi connectivity index (χ1v) is 9.40. The van der Waals surface area contributed by atoms with Crippen molar-refractivity contribution < 1.29 is 19.1 Å². The zero-order valence-electron chi connectivity index (χ0n) is 17.0. The first-order chi connectivity index (χ1) is 13.9. The van der Waals surface area contributed by atoms with Crippen molar-refractivity contribution in [2.45, 2.75) is 26.8 Å². The summed E-state index contributed by atoms with van der Waals surface area (Å²) in [5.74, 6) is 0.843. The summed E-state index contributed by atoms with van der Waals surface area (Å²) >= 11 is 0. The Kier molecular flexibility index (Phi) is 6.07. The number of allylic oxidation sites excluding steroid dienone is 1. The third-order valence-corrected chi connectivity index (χ3v) is 4.64. The molecule has 3 rings (SSSR count). The van der Waals surface area contributed by atoms with Gasteiger partial charge < -0.3 is 25.4 Å². The summed E-state index contributed by atoms with van der Waals surface area (Å²) in [5, 5.41) is 8.40. The SMILES string of the molecule is CCOc1ccc(C2NC(=O)NC(C)=C2C(=O)Nc2ccc(C)cc2)cc1OC. The molecule has 0 aliphatic carbocycles. The van der Waals surface area contributed by atoms with E-state index in [0.29, 0.717) is 40.6 Å². The number of aryl methyl sites for hydroxylation is 1. The first-order valence-electron chi connectivity index (χ1n) is 9.40. The number of nitrogens with one attached hydrogen (secondary N) is 3. The molecule has 152 valence electrons. The molecule has 0 saturated heterocycles. The van der Waals surface area contributed by atoms with E-state index in [1.54, 1.807) is 26.2 Å². The van der Waals surface area contributed by atoms with Crippen molar-refractivity contribution >= 4 is 17.6 Å². The number of hydrogen-bond acceptors (Lipinski definition) is 4. The third-order valence-electron chi connectivity index (χ3n) is 4.64. The molecule has 0 aromatic heterocycles. The van der Waals surface area contributed by atoms with Crippen LogP contribution in [-0.2, 0) is 4.79 Å². The second-order valence-electron chi connectivity index (χ2n) is 6.73. The number of ether oxygens (including phenoxy) is 2. The predicted octanol–water partition coefficient (Wildman–Crippen LogP) is 3.67. The topological polar surface area (TPSA) is 88.7 Å². The fourth-order valence-corrected chi connectivity index (χ4v) is 3.22. The van der Waals surface area contributed by atoms with Crippen molar-refractivity contribution in [1.29, 1.82) is 0 Å². The second-order valence-corrected chi connectivity index (χ2v) is 6.73. The number of anilines is 1. The number of benzene rings is 2. The number of urea groups is 1. The van der Waals surface area contributed by atoms with Gasteiger partial charge in [0.25, 0.3) is 5.91 Å². The van der Waals surface area contributed by atoms with Crippen molar-refractivity contribution in [1.82, 2.24) is 10.6 Å². The number of methoxy groups -OCH3 is 1. The number of hydrogen-bond donors (Lipinski definition) is 3. The van der Waals surface area contributed by atoms with Gasteiger partial charge in [0.1, 0.15) is 0 Å². The molecule has 0 saturated carbocycles. The summed E-state index contributed by atoms with van der Waals surface area (Å²) in [5.41, 5.74) is 3.42. The number of rotatable bonds is 6. The minimum absolute atomic E-state index is 0.295. The molecule has 3 N–H and O–H groups in total. The largest absolute Gasteiger partial charge is 0.493 e. The smallest absolute Gasteiger partial charge is 0.319 e. The van der Waals surface area contributed by atoms with Crippen LogP contribution in [0.25, 0.3) is 0 Å². The van der Waals surface area contributed by atoms with Crippen LogP contribution in [0.3, 0.4) is 0 Å². The van der Waals surface area contributed by atoms with Crippen molar-refractivity contribution in [3.05, 3.63) is 64.9 Å². The highest BCUT2D eigenvalue weighted by molar-refractivity contribution is 6.06. The van der Waals surface area contributed by atoms with E-state index >= 15 is 0 Å². The Bertz CT molecular complexity index is 951. The molecule has 3 amide bonds.